The number of hydrogen-bond acceptors (Lipinski definition) is 3. The average molecular weight is 291 g/mol. The van der Waals surface area contributed by atoms with Gasteiger partial charge in [-0.2, -0.15) is 0 Å². The lowest BCUT2D eigenvalue weighted by Crippen LogP contribution is -2.46. The van der Waals surface area contributed by atoms with E-state index in [4.69, 9.17) is 5.73 Å². The normalized spacial score (nSPS) is 14.7. The van der Waals surface area contributed by atoms with Gasteiger partial charge in [0.15, 0.2) is 0 Å². The predicted molar refractivity (Wildman–Crippen MR) is 87.0 cm³/mol. The highest BCUT2D eigenvalue weighted by atomic mass is 16.1. The number of pyridine rings is 1. The molecule has 0 aromatic carbocycles. The molecule has 1 rings (SSSR count). The Morgan fingerprint density at radius 2 is 1.90 bits per heavy atom. The first-order valence-corrected chi connectivity index (χ1v) is 7.82. The Morgan fingerprint density at radius 1 is 1.29 bits per heavy atom. The van der Waals surface area contributed by atoms with Crippen LogP contribution in [0, 0.1) is 0 Å². The topological polar surface area (TPSA) is 59.2 Å². The standard InChI is InChI=1S/C17H29N3O/c1-6-17(16(18)21,15-9-7-8-11-19-15)10-12-20(13(2)3)14(4)5/h7-9,11,13-14H,6,10,12H2,1-5H3,(H2,18,21)/t17-/m0/s1. The summed E-state index contributed by atoms with van der Waals surface area (Å²) in [5, 5.41) is 0. The van der Waals surface area contributed by atoms with Crippen molar-refractivity contribution in [3.8, 4) is 0 Å². The molecule has 1 atom stereocenters. The van der Waals surface area contributed by atoms with Crippen molar-refractivity contribution < 1.29 is 4.79 Å². The summed E-state index contributed by atoms with van der Waals surface area (Å²) in [6.07, 6.45) is 3.10. The number of hydrogen-bond donors (Lipinski definition) is 1. The van der Waals surface area contributed by atoms with Gasteiger partial charge in [0, 0.05) is 24.8 Å². The van der Waals surface area contributed by atoms with E-state index in [0.29, 0.717) is 24.9 Å². The summed E-state index contributed by atoms with van der Waals surface area (Å²) in [5.41, 5.74) is 5.86. The van der Waals surface area contributed by atoms with Crippen LogP contribution in [0.5, 0.6) is 0 Å². The molecule has 0 aliphatic rings. The van der Waals surface area contributed by atoms with E-state index in [-0.39, 0.29) is 5.91 Å². The molecule has 1 aromatic rings. The van der Waals surface area contributed by atoms with Crippen molar-refractivity contribution in [2.45, 2.75) is 65.0 Å². The van der Waals surface area contributed by atoms with Crippen molar-refractivity contribution in [3.63, 3.8) is 0 Å². The minimum Gasteiger partial charge on any atom is -0.369 e. The van der Waals surface area contributed by atoms with Crippen LogP contribution in [-0.2, 0) is 10.2 Å². The third kappa shape index (κ3) is 4.03. The van der Waals surface area contributed by atoms with Crippen molar-refractivity contribution in [1.82, 2.24) is 9.88 Å². The van der Waals surface area contributed by atoms with Gasteiger partial charge in [-0.1, -0.05) is 13.0 Å². The average Bonchev–Trinajstić information content (AvgIpc) is 2.43. The van der Waals surface area contributed by atoms with E-state index in [1.807, 2.05) is 25.1 Å². The zero-order chi connectivity index (χ0) is 16.0. The van der Waals surface area contributed by atoms with Crippen LogP contribution in [0.2, 0.25) is 0 Å². The number of rotatable bonds is 8. The van der Waals surface area contributed by atoms with Crippen molar-refractivity contribution in [2.75, 3.05) is 6.54 Å². The fourth-order valence-electron chi connectivity index (χ4n) is 2.99. The summed E-state index contributed by atoms with van der Waals surface area (Å²) < 4.78 is 0. The summed E-state index contributed by atoms with van der Waals surface area (Å²) in [6, 6.07) is 6.56. The number of nitrogens with zero attached hydrogens (tertiary/aromatic N) is 2. The molecule has 2 N–H and O–H groups in total. The van der Waals surface area contributed by atoms with Gasteiger partial charge in [-0.15, -0.1) is 0 Å². The van der Waals surface area contributed by atoms with E-state index >= 15 is 0 Å². The van der Waals surface area contributed by atoms with Crippen LogP contribution in [0.15, 0.2) is 24.4 Å². The number of amides is 1. The molecule has 0 unspecified atom stereocenters. The van der Waals surface area contributed by atoms with Crippen LogP contribution in [0.4, 0.5) is 0 Å². The van der Waals surface area contributed by atoms with E-state index in [9.17, 15) is 4.79 Å². The minimum atomic E-state index is -0.677. The Morgan fingerprint density at radius 3 is 2.29 bits per heavy atom. The number of aromatic nitrogens is 1. The summed E-state index contributed by atoms with van der Waals surface area (Å²) in [5.74, 6) is -0.281. The van der Waals surface area contributed by atoms with Crippen LogP contribution in [-0.4, -0.2) is 34.4 Å². The fraction of sp³-hybridized carbons (Fsp3) is 0.647. The molecule has 4 nitrogen and oxygen atoms in total. The highest BCUT2D eigenvalue weighted by Crippen LogP contribution is 2.31. The molecule has 0 aliphatic heterocycles. The third-order valence-corrected chi connectivity index (χ3v) is 4.35. The van der Waals surface area contributed by atoms with E-state index in [0.717, 1.165) is 12.2 Å². The van der Waals surface area contributed by atoms with Gasteiger partial charge in [-0.05, 0) is 52.7 Å². The molecule has 0 aliphatic carbocycles. The van der Waals surface area contributed by atoms with Gasteiger partial charge in [0.2, 0.25) is 5.91 Å². The lowest BCUT2D eigenvalue weighted by Gasteiger charge is -2.35. The molecule has 0 saturated carbocycles. The number of carbonyl (C=O) groups excluding carboxylic acids is 1. The van der Waals surface area contributed by atoms with Crippen LogP contribution in [0.1, 0.15) is 53.2 Å². The Labute approximate surface area is 128 Å². The number of primary amides is 1. The zero-order valence-corrected chi connectivity index (χ0v) is 14.0. The van der Waals surface area contributed by atoms with Crippen molar-refractivity contribution in [2.24, 2.45) is 5.73 Å². The Kier molecular flexibility index (Phi) is 6.34. The third-order valence-electron chi connectivity index (χ3n) is 4.35. The smallest absolute Gasteiger partial charge is 0.229 e. The highest BCUT2D eigenvalue weighted by molar-refractivity contribution is 5.86. The van der Waals surface area contributed by atoms with Gasteiger partial charge in [0.25, 0.3) is 0 Å². The minimum absolute atomic E-state index is 0.281. The molecular formula is C17H29N3O. The molecule has 1 aromatic heterocycles. The van der Waals surface area contributed by atoms with Gasteiger partial charge in [0.05, 0.1) is 11.1 Å². The van der Waals surface area contributed by atoms with Gasteiger partial charge >= 0.3 is 0 Å². The van der Waals surface area contributed by atoms with Crippen LogP contribution in [0.25, 0.3) is 0 Å². The second kappa shape index (κ2) is 7.55. The fourth-order valence-corrected chi connectivity index (χ4v) is 2.99. The number of nitrogens with two attached hydrogens (primary N) is 1. The first kappa shape index (κ1) is 17.6. The first-order valence-electron chi connectivity index (χ1n) is 7.82. The quantitative estimate of drug-likeness (QED) is 0.801. The zero-order valence-electron chi connectivity index (χ0n) is 14.0. The Hall–Kier alpha value is -1.42. The lowest BCUT2D eigenvalue weighted by atomic mass is 9.77. The first-order chi connectivity index (χ1) is 9.85. The van der Waals surface area contributed by atoms with Gasteiger partial charge in [-0.3, -0.25) is 14.7 Å². The van der Waals surface area contributed by atoms with Gasteiger partial charge < -0.3 is 5.73 Å². The maximum atomic E-state index is 12.2. The van der Waals surface area contributed by atoms with Gasteiger partial charge in [-0.25, -0.2) is 0 Å². The predicted octanol–water partition coefficient (Wildman–Crippen LogP) is 2.72. The molecule has 0 saturated heterocycles. The summed E-state index contributed by atoms with van der Waals surface area (Å²) in [6.45, 7) is 11.6. The second-order valence-electron chi connectivity index (χ2n) is 6.19. The van der Waals surface area contributed by atoms with E-state index in [1.165, 1.54) is 0 Å². The SMILES string of the molecule is CC[C@@](CCN(C(C)C)C(C)C)(C(N)=O)c1ccccn1. The molecule has 0 spiro atoms. The molecule has 1 amide bonds. The van der Waals surface area contributed by atoms with Crippen molar-refractivity contribution >= 4 is 5.91 Å². The molecule has 0 fully saturated rings. The Balaban J connectivity index is 3.02. The van der Waals surface area contributed by atoms with E-state index in [1.54, 1.807) is 6.20 Å². The van der Waals surface area contributed by atoms with Crippen molar-refractivity contribution in [1.29, 1.82) is 0 Å². The van der Waals surface area contributed by atoms with Crippen LogP contribution in [0.3, 0.4) is 0 Å². The second-order valence-corrected chi connectivity index (χ2v) is 6.19. The molecule has 0 radical (unpaired) electrons. The molecular weight excluding hydrogens is 262 g/mol. The summed E-state index contributed by atoms with van der Waals surface area (Å²) in [7, 11) is 0. The van der Waals surface area contributed by atoms with Crippen molar-refractivity contribution in [3.05, 3.63) is 30.1 Å². The van der Waals surface area contributed by atoms with Crippen LogP contribution < -0.4 is 5.73 Å². The Bertz CT molecular complexity index is 437. The van der Waals surface area contributed by atoms with Gasteiger partial charge in [0.1, 0.15) is 0 Å². The molecule has 1 heterocycles. The summed E-state index contributed by atoms with van der Waals surface area (Å²) in [4.78, 5) is 18.9. The summed E-state index contributed by atoms with van der Waals surface area (Å²) >= 11 is 0. The highest BCUT2D eigenvalue weighted by Gasteiger charge is 2.38. The maximum absolute atomic E-state index is 12.2. The van der Waals surface area contributed by atoms with E-state index in [2.05, 4.69) is 37.6 Å². The monoisotopic (exact) mass is 291 g/mol. The number of carbonyl (C=O) groups is 1. The van der Waals surface area contributed by atoms with E-state index < -0.39 is 5.41 Å². The lowest BCUT2D eigenvalue weighted by molar-refractivity contribution is -0.124. The molecule has 0 bridgehead atoms. The maximum Gasteiger partial charge on any atom is 0.229 e. The molecule has 4 heteroatoms. The molecule has 118 valence electrons. The molecule has 21 heavy (non-hydrogen) atoms. The largest absolute Gasteiger partial charge is 0.369 e. The van der Waals surface area contributed by atoms with Crippen LogP contribution >= 0.6 is 0 Å².